The van der Waals surface area contributed by atoms with E-state index in [0.717, 1.165) is 147 Å². The molecule has 1 unspecified atom stereocenters. The van der Waals surface area contributed by atoms with E-state index in [1.54, 1.807) is 0 Å². The van der Waals surface area contributed by atoms with E-state index in [-0.39, 0.29) is 0 Å². The van der Waals surface area contributed by atoms with E-state index in [2.05, 4.69) is 346 Å². The van der Waals surface area contributed by atoms with E-state index in [1.807, 2.05) is 18.2 Å². The number of aromatic nitrogens is 6. The Balaban J connectivity index is 0.631. The van der Waals surface area contributed by atoms with Crippen molar-refractivity contribution in [3.63, 3.8) is 0 Å². The van der Waals surface area contributed by atoms with Crippen LogP contribution >= 0.6 is 0 Å². The molecular weight excluding hydrogens is 1340 g/mol. The third kappa shape index (κ3) is 9.79. The fourth-order valence-corrected chi connectivity index (χ4v) is 18.1. The molecule has 110 heavy (non-hydrogen) atoms. The first-order valence-electron chi connectivity index (χ1n) is 37.6. The Morgan fingerprint density at radius 2 is 0.618 bits per heavy atom. The maximum atomic E-state index is 7.06. The van der Waals surface area contributed by atoms with E-state index in [0.29, 0.717) is 34.9 Å². The van der Waals surface area contributed by atoms with Gasteiger partial charge in [-0.2, -0.15) is 0 Å². The molecule has 3 aliphatic carbocycles. The molecule has 15 aromatic carbocycles. The number of para-hydroxylation sites is 2. The summed E-state index contributed by atoms with van der Waals surface area (Å²) in [5, 5.41) is 2.29. The lowest BCUT2D eigenvalue weighted by atomic mass is 9.65. The maximum absolute atomic E-state index is 7.06. The minimum Gasteiger partial charge on any atom is -0.457 e. The molecule has 1 atom stereocenters. The SMILES string of the molecule is C1=CC(c2nc(-c3ccc4ccccc4c3)nc(-c3ccccc3-c3ccc4c(c3)C3(c5ccccc5O4)c4ccccc4-c4c(-c5cccc(-c6ccc(-c7nc(-c8ccccc8)nc(-c8ccccc8-c8ccc9c(c8)C8(c%10ccccc%10O9)c9ccccc9-c9ccccc98)n7)cc6)c5)cccc43)n2)=CCC1. The molecule has 2 aromatic heterocycles. The Morgan fingerprint density at radius 3 is 1.24 bits per heavy atom. The van der Waals surface area contributed by atoms with E-state index < -0.39 is 10.8 Å². The average molecular weight is 1410 g/mol. The van der Waals surface area contributed by atoms with Crippen LogP contribution in [0.5, 0.6) is 23.0 Å². The van der Waals surface area contributed by atoms with Crippen LogP contribution in [0, 0.1) is 0 Å². The van der Waals surface area contributed by atoms with E-state index in [1.165, 1.54) is 44.5 Å². The molecule has 8 heteroatoms. The molecule has 0 radical (unpaired) electrons. The molecule has 0 saturated carbocycles. The summed E-state index contributed by atoms with van der Waals surface area (Å²) < 4.78 is 13.9. The van der Waals surface area contributed by atoms with Crippen molar-refractivity contribution >= 4 is 16.3 Å². The van der Waals surface area contributed by atoms with Crippen molar-refractivity contribution in [1.29, 1.82) is 0 Å². The van der Waals surface area contributed by atoms with Crippen molar-refractivity contribution in [3.8, 4) is 147 Å². The highest BCUT2D eigenvalue weighted by Crippen LogP contribution is 2.65. The van der Waals surface area contributed by atoms with Gasteiger partial charge in [-0.1, -0.05) is 315 Å². The molecule has 0 N–H and O–H groups in total. The lowest BCUT2D eigenvalue weighted by Crippen LogP contribution is -2.32. The summed E-state index contributed by atoms with van der Waals surface area (Å²) in [6.07, 6.45) is 8.49. The Morgan fingerprint density at radius 1 is 0.218 bits per heavy atom. The predicted octanol–water partition coefficient (Wildman–Crippen LogP) is 24.9. The van der Waals surface area contributed by atoms with Gasteiger partial charge in [0, 0.05) is 55.6 Å². The van der Waals surface area contributed by atoms with Crippen molar-refractivity contribution in [3.05, 3.63) is 414 Å². The second kappa shape index (κ2) is 25.2. The Labute approximate surface area is 636 Å². The van der Waals surface area contributed by atoms with Crippen LogP contribution < -0.4 is 9.47 Å². The van der Waals surface area contributed by atoms with Crippen LogP contribution in [0.1, 0.15) is 63.2 Å². The van der Waals surface area contributed by atoms with E-state index in [4.69, 9.17) is 39.4 Å². The Hall–Kier alpha value is -14.3. The van der Waals surface area contributed by atoms with Crippen molar-refractivity contribution < 1.29 is 9.47 Å². The topological polar surface area (TPSA) is 95.8 Å². The van der Waals surface area contributed by atoms with Gasteiger partial charge < -0.3 is 9.47 Å². The van der Waals surface area contributed by atoms with Crippen molar-refractivity contribution in [2.75, 3.05) is 0 Å². The van der Waals surface area contributed by atoms with Gasteiger partial charge in [0.1, 0.15) is 23.0 Å². The molecule has 4 heterocycles. The first-order valence-corrected chi connectivity index (χ1v) is 37.6. The Bertz CT molecular complexity index is 6710. The molecule has 0 bridgehead atoms. The smallest absolute Gasteiger partial charge is 0.164 e. The fourth-order valence-electron chi connectivity index (χ4n) is 18.1. The van der Waals surface area contributed by atoms with Crippen LogP contribution in [-0.4, -0.2) is 29.9 Å². The zero-order valence-corrected chi connectivity index (χ0v) is 59.6. The minimum atomic E-state index is -0.769. The molecule has 0 saturated heterocycles. The quantitative estimate of drug-likeness (QED) is 0.134. The summed E-state index contributed by atoms with van der Waals surface area (Å²) in [6.45, 7) is 0. The number of hydrogen-bond acceptors (Lipinski definition) is 8. The van der Waals surface area contributed by atoms with Gasteiger partial charge >= 0.3 is 0 Å². The van der Waals surface area contributed by atoms with Gasteiger partial charge in [-0.25, -0.2) is 29.9 Å². The molecule has 514 valence electrons. The monoisotopic (exact) mass is 1400 g/mol. The Kier molecular flexibility index (Phi) is 14.4. The van der Waals surface area contributed by atoms with Crippen LogP contribution in [0.4, 0.5) is 0 Å². The van der Waals surface area contributed by atoms with Gasteiger partial charge in [0.15, 0.2) is 34.9 Å². The second-order valence-electron chi connectivity index (χ2n) is 28.9. The van der Waals surface area contributed by atoms with Crippen molar-refractivity contribution in [1.82, 2.24) is 29.9 Å². The largest absolute Gasteiger partial charge is 0.457 e. The second-order valence-corrected chi connectivity index (χ2v) is 28.9. The van der Waals surface area contributed by atoms with Gasteiger partial charge in [-0.3, -0.25) is 0 Å². The van der Waals surface area contributed by atoms with Gasteiger partial charge in [-0.05, 0) is 161 Å². The molecule has 17 aromatic rings. The summed E-state index contributed by atoms with van der Waals surface area (Å²) in [7, 11) is 0. The third-order valence-corrected chi connectivity index (χ3v) is 23.0. The maximum Gasteiger partial charge on any atom is 0.164 e. The number of benzene rings is 15. The molecule has 0 fully saturated rings. The molecule has 22 rings (SSSR count). The van der Waals surface area contributed by atoms with Gasteiger partial charge in [0.2, 0.25) is 0 Å². The van der Waals surface area contributed by atoms with Crippen molar-refractivity contribution in [2.45, 2.75) is 23.7 Å². The molecule has 2 aliphatic heterocycles. The summed E-state index contributed by atoms with van der Waals surface area (Å²) >= 11 is 0. The highest BCUT2D eigenvalue weighted by Gasteiger charge is 2.53. The standard InChI is InChI=1S/C102H64N6O2/c1-3-26-65(27-4-1)95-103-97(107-99(105-95)79-37-11-9-33-74(79)71-55-57-92-88(61-71)101(85-44-19-21-47-90(85)109-92)82-41-16-13-35-77(82)78-36-14-17-42-83(78)101)67-52-49-64(50-53-67)69-31-23-32-70(59-69)76-40-24-46-87-94(76)81-39-15-18-43-84(81)102(87)86-45-20-22-48-91(86)110-93-58-56-72(62-89(93)102)75-34-10-12-38-80(75)100-106-96(66-28-5-2-6-29-66)104-98(108-100)73-54-51-63-25-7-8-30-68(63)60-73/h1,3-5,7-62H,2,6H2. The molecule has 2 spiro atoms. The van der Waals surface area contributed by atoms with E-state index >= 15 is 0 Å². The number of nitrogens with zero attached hydrogens (tertiary/aromatic N) is 6. The fraction of sp³-hybridized carbons (Fsp3) is 0.0392. The molecular formula is C102H64N6O2. The average Bonchev–Trinajstić information content (AvgIpc) is 1.49. The normalized spacial score (nSPS) is 14.7. The predicted molar refractivity (Wildman–Crippen MR) is 441 cm³/mol. The number of fused-ring (bicyclic) bond motifs is 19. The first kappa shape index (κ1) is 63.0. The van der Waals surface area contributed by atoms with Gasteiger partial charge in [0.05, 0.1) is 10.8 Å². The summed E-state index contributed by atoms with van der Waals surface area (Å²) in [5.74, 6) is 6.95. The first-order chi connectivity index (χ1) is 54.5. The number of rotatable bonds is 10. The lowest BCUT2D eigenvalue weighted by Gasteiger charge is -2.39. The van der Waals surface area contributed by atoms with E-state index in [9.17, 15) is 0 Å². The number of ether oxygens (including phenoxy) is 2. The molecule has 8 nitrogen and oxygen atoms in total. The van der Waals surface area contributed by atoms with Crippen molar-refractivity contribution in [2.24, 2.45) is 0 Å². The highest BCUT2D eigenvalue weighted by atomic mass is 16.5. The van der Waals surface area contributed by atoms with Crippen LogP contribution in [0.25, 0.3) is 140 Å². The third-order valence-electron chi connectivity index (χ3n) is 23.0. The van der Waals surface area contributed by atoms with Gasteiger partial charge in [-0.15, -0.1) is 0 Å². The minimum absolute atomic E-state index is 0.575. The molecule has 5 aliphatic rings. The zero-order valence-electron chi connectivity index (χ0n) is 59.6. The van der Waals surface area contributed by atoms with Crippen LogP contribution in [0.2, 0.25) is 0 Å². The lowest BCUT2D eigenvalue weighted by molar-refractivity contribution is 0.436. The van der Waals surface area contributed by atoms with Gasteiger partial charge in [0.25, 0.3) is 0 Å². The van der Waals surface area contributed by atoms with Crippen LogP contribution in [-0.2, 0) is 10.8 Å². The van der Waals surface area contributed by atoms with Crippen LogP contribution in [0.3, 0.4) is 0 Å². The zero-order chi connectivity index (χ0) is 72.4. The summed E-state index contributed by atoms with van der Waals surface area (Å²) in [5.41, 5.74) is 26.6. The summed E-state index contributed by atoms with van der Waals surface area (Å²) in [4.78, 5) is 31.8. The number of hydrogen-bond donors (Lipinski definition) is 0. The summed E-state index contributed by atoms with van der Waals surface area (Å²) in [6, 6.07) is 124. The molecule has 0 amide bonds. The number of allylic oxidation sites excluding steroid dienone is 4. The highest BCUT2D eigenvalue weighted by molar-refractivity contribution is 5.99. The van der Waals surface area contributed by atoms with Crippen LogP contribution in [0.15, 0.2) is 364 Å².